The minimum Gasteiger partial charge on any atom is -0.469 e. The van der Waals surface area contributed by atoms with E-state index in [4.69, 9.17) is 9.15 Å². The van der Waals surface area contributed by atoms with Crippen molar-refractivity contribution in [3.05, 3.63) is 23.7 Å². The van der Waals surface area contributed by atoms with Gasteiger partial charge in [0, 0.05) is 36.1 Å². The molecular formula is C16H25NO2. The number of nitrogens with one attached hydrogen (secondary N) is 1. The van der Waals surface area contributed by atoms with Crippen LogP contribution in [0.5, 0.6) is 0 Å². The maximum Gasteiger partial charge on any atom is 0.108 e. The van der Waals surface area contributed by atoms with Crippen molar-refractivity contribution in [2.45, 2.75) is 64.6 Å². The Morgan fingerprint density at radius 1 is 1.47 bits per heavy atom. The Bertz CT molecular complexity index is 438. The van der Waals surface area contributed by atoms with E-state index < -0.39 is 0 Å². The van der Waals surface area contributed by atoms with Gasteiger partial charge in [0.25, 0.3) is 0 Å². The highest BCUT2D eigenvalue weighted by Crippen LogP contribution is 2.44. The van der Waals surface area contributed by atoms with Crippen LogP contribution in [0.2, 0.25) is 0 Å². The van der Waals surface area contributed by atoms with Gasteiger partial charge in [-0.25, -0.2) is 0 Å². The molecule has 0 amide bonds. The summed E-state index contributed by atoms with van der Waals surface area (Å²) in [6.07, 6.45) is 6.90. The van der Waals surface area contributed by atoms with Gasteiger partial charge >= 0.3 is 0 Å². The van der Waals surface area contributed by atoms with Crippen molar-refractivity contribution in [3.63, 3.8) is 0 Å². The Labute approximate surface area is 115 Å². The molecule has 0 bridgehead atoms. The van der Waals surface area contributed by atoms with Gasteiger partial charge in [-0.3, -0.25) is 0 Å². The van der Waals surface area contributed by atoms with Crippen LogP contribution in [0.15, 0.2) is 16.7 Å². The van der Waals surface area contributed by atoms with Crippen molar-refractivity contribution in [1.29, 1.82) is 0 Å². The van der Waals surface area contributed by atoms with Crippen molar-refractivity contribution in [3.8, 4) is 0 Å². The molecule has 0 spiro atoms. The molecule has 1 saturated carbocycles. The second-order valence-electron chi connectivity index (χ2n) is 6.46. The molecule has 1 heterocycles. The number of furan rings is 1. The molecule has 1 aromatic rings. The molecule has 3 atom stereocenters. The molecule has 19 heavy (non-hydrogen) atoms. The van der Waals surface area contributed by atoms with E-state index in [1.807, 2.05) is 6.26 Å². The molecular weight excluding hydrogens is 238 g/mol. The van der Waals surface area contributed by atoms with Gasteiger partial charge in [-0.1, -0.05) is 13.8 Å². The van der Waals surface area contributed by atoms with Gasteiger partial charge in [0.1, 0.15) is 5.76 Å². The summed E-state index contributed by atoms with van der Waals surface area (Å²) in [5.74, 6) is 1.18. The number of fused-ring (bicyclic) bond motifs is 1. The number of hydrogen-bond acceptors (Lipinski definition) is 3. The average Bonchev–Trinajstić information content (AvgIpc) is 2.86. The highest BCUT2D eigenvalue weighted by Gasteiger charge is 2.49. The van der Waals surface area contributed by atoms with Gasteiger partial charge in [-0.2, -0.15) is 0 Å². The molecule has 3 nitrogen and oxygen atoms in total. The molecule has 2 aliphatic rings. The van der Waals surface area contributed by atoms with Crippen LogP contribution in [0.4, 0.5) is 0 Å². The SMILES string of the molecule is CCOC1CC(NC2CCCc3occc32)C1(C)C. The molecule has 3 unspecified atom stereocenters. The van der Waals surface area contributed by atoms with E-state index in [0.29, 0.717) is 18.2 Å². The largest absolute Gasteiger partial charge is 0.469 e. The number of hydrogen-bond donors (Lipinski definition) is 1. The fourth-order valence-corrected chi connectivity index (χ4v) is 3.55. The van der Waals surface area contributed by atoms with Crippen LogP contribution >= 0.6 is 0 Å². The molecule has 1 N–H and O–H groups in total. The molecule has 0 radical (unpaired) electrons. The van der Waals surface area contributed by atoms with Crippen molar-refractivity contribution < 1.29 is 9.15 Å². The van der Waals surface area contributed by atoms with E-state index >= 15 is 0 Å². The summed E-state index contributed by atoms with van der Waals surface area (Å²) in [7, 11) is 0. The summed E-state index contributed by atoms with van der Waals surface area (Å²) < 4.78 is 11.4. The van der Waals surface area contributed by atoms with E-state index in [1.165, 1.54) is 24.2 Å². The monoisotopic (exact) mass is 263 g/mol. The third kappa shape index (κ3) is 2.23. The fraction of sp³-hybridized carbons (Fsp3) is 0.750. The van der Waals surface area contributed by atoms with Crippen LogP contribution < -0.4 is 5.32 Å². The van der Waals surface area contributed by atoms with Crippen LogP contribution in [0.1, 0.15) is 57.4 Å². The van der Waals surface area contributed by atoms with Gasteiger partial charge in [0.2, 0.25) is 0 Å². The molecule has 106 valence electrons. The summed E-state index contributed by atoms with van der Waals surface area (Å²) in [5, 5.41) is 3.84. The van der Waals surface area contributed by atoms with Crippen LogP contribution in [-0.4, -0.2) is 18.8 Å². The first-order valence-electron chi connectivity index (χ1n) is 7.56. The molecule has 1 fully saturated rings. The summed E-state index contributed by atoms with van der Waals surface area (Å²) in [6.45, 7) is 7.52. The lowest BCUT2D eigenvalue weighted by Gasteiger charge is -2.53. The van der Waals surface area contributed by atoms with Gasteiger partial charge in [0.05, 0.1) is 12.4 Å². The fourth-order valence-electron chi connectivity index (χ4n) is 3.55. The molecule has 3 heteroatoms. The highest BCUT2D eigenvalue weighted by molar-refractivity contribution is 5.24. The topological polar surface area (TPSA) is 34.4 Å². The van der Waals surface area contributed by atoms with Gasteiger partial charge in [-0.05, 0) is 32.3 Å². The first-order valence-corrected chi connectivity index (χ1v) is 7.56. The first kappa shape index (κ1) is 13.2. The van der Waals surface area contributed by atoms with Crippen LogP contribution in [0.25, 0.3) is 0 Å². The lowest BCUT2D eigenvalue weighted by molar-refractivity contribution is -0.117. The zero-order chi connectivity index (χ0) is 13.5. The number of rotatable bonds is 4. The van der Waals surface area contributed by atoms with E-state index in [2.05, 4.69) is 32.2 Å². The van der Waals surface area contributed by atoms with Crippen LogP contribution in [0.3, 0.4) is 0 Å². The minimum absolute atomic E-state index is 0.233. The molecule has 2 aliphatic carbocycles. The quantitative estimate of drug-likeness (QED) is 0.903. The Morgan fingerprint density at radius 2 is 2.32 bits per heavy atom. The van der Waals surface area contributed by atoms with Crippen LogP contribution in [-0.2, 0) is 11.2 Å². The molecule has 0 aromatic carbocycles. The van der Waals surface area contributed by atoms with Crippen molar-refractivity contribution >= 4 is 0 Å². The predicted molar refractivity (Wildman–Crippen MR) is 75.1 cm³/mol. The third-order valence-electron chi connectivity index (χ3n) is 5.00. The van der Waals surface area contributed by atoms with Crippen molar-refractivity contribution in [1.82, 2.24) is 5.32 Å². The Hall–Kier alpha value is -0.800. The smallest absolute Gasteiger partial charge is 0.108 e. The Kier molecular flexibility index (Phi) is 3.44. The Balaban J connectivity index is 1.65. The van der Waals surface area contributed by atoms with E-state index in [9.17, 15) is 0 Å². The van der Waals surface area contributed by atoms with E-state index in [-0.39, 0.29) is 5.41 Å². The van der Waals surface area contributed by atoms with Gasteiger partial charge in [0.15, 0.2) is 0 Å². The molecule has 3 rings (SSSR count). The maximum absolute atomic E-state index is 5.81. The second-order valence-corrected chi connectivity index (χ2v) is 6.46. The first-order chi connectivity index (χ1) is 9.13. The zero-order valence-corrected chi connectivity index (χ0v) is 12.2. The standard InChI is InChI=1S/C16H25NO2/c1-4-18-15-10-14(16(15,2)3)17-12-6-5-7-13-11(12)8-9-19-13/h8-9,12,14-15,17H,4-7,10H2,1-3H3. The zero-order valence-electron chi connectivity index (χ0n) is 12.2. The lowest BCUT2D eigenvalue weighted by atomic mass is 9.64. The molecule has 0 aliphatic heterocycles. The third-order valence-corrected chi connectivity index (χ3v) is 5.00. The number of ether oxygens (including phenoxy) is 1. The van der Waals surface area contributed by atoms with Crippen molar-refractivity contribution in [2.75, 3.05) is 6.61 Å². The predicted octanol–water partition coefficient (Wildman–Crippen LogP) is 3.45. The van der Waals surface area contributed by atoms with Crippen molar-refractivity contribution in [2.24, 2.45) is 5.41 Å². The Morgan fingerprint density at radius 3 is 3.05 bits per heavy atom. The normalized spacial score (nSPS) is 32.7. The second kappa shape index (κ2) is 4.95. The molecule has 0 saturated heterocycles. The summed E-state index contributed by atoms with van der Waals surface area (Å²) in [5.41, 5.74) is 1.61. The van der Waals surface area contributed by atoms with Gasteiger partial charge in [-0.15, -0.1) is 0 Å². The maximum atomic E-state index is 5.81. The van der Waals surface area contributed by atoms with E-state index in [0.717, 1.165) is 19.4 Å². The summed E-state index contributed by atoms with van der Waals surface area (Å²) >= 11 is 0. The average molecular weight is 263 g/mol. The summed E-state index contributed by atoms with van der Waals surface area (Å²) in [6, 6.07) is 3.15. The highest BCUT2D eigenvalue weighted by atomic mass is 16.5. The van der Waals surface area contributed by atoms with Gasteiger partial charge < -0.3 is 14.5 Å². The van der Waals surface area contributed by atoms with E-state index in [1.54, 1.807) is 0 Å². The lowest BCUT2D eigenvalue weighted by Crippen LogP contribution is -2.61. The summed E-state index contributed by atoms with van der Waals surface area (Å²) in [4.78, 5) is 0. The molecule has 1 aromatic heterocycles. The number of aryl methyl sites for hydroxylation is 1. The minimum atomic E-state index is 0.233. The van der Waals surface area contributed by atoms with Crippen LogP contribution in [0, 0.1) is 5.41 Å².